The van der Waals surface area contributed by atoms with E-state index in [0.717, 1.165) is 37.9 Å². The number of alkyl halides is 1. The Labute approximate surface area is 231 Å². The number of hydrogen-bond acceptors (Lipinski definition) is 8. The van der Waals surface area contributed by atoms with E-state index >= 15 is 4.39 Å². The number of rotatable bonds is 2. The molecule has 6 aliphatic rings. The van der Waals surface area contributed by atoms with Crippen LogP contribution in [0.3, 0.4) is 0 Å². The molecule has 0 aromatic heterocycles. The number of allylic oxidation sites excluding steroid dienone is 1. The SMILES string of the molecule is CC(=O)N1CCN(C2NC(=O)N3C4NC(C(F)CC42)N2NNC=C2CCCC2CCNC(C(C)C)C23)[C@@H](C)C1. The van der Waals surface area contributed by atoms with Crippen molar-refractivity contribution in [1.29, 1.82) is 0 Å². The Morgan fingerprint density at radius 2 is 1.97 bits per heavy atom. The van der Waals surface area contributed by atoms with Gasteiger partial charge in [-0.25, -0.2) is 9.18 Å². The van der Waals surface area contributed by atoms with E-state index in [0.29, 0.717) is 37.9 Å². The maximum atomic E-state index is 16.2. The van der Waals surface area contributed by atoms with Gasteiger partial charge >= 0.3 is 6.03 Å². The lowest BCUT2D eigenvalue weighted by Crippen LogP contribution is -2.80. The molecule has 3 amide bonds. The fraction of sp³-hybridized carbons (Fsp3) is 0.852. The molecule has 0 aromatic rings. The Balaban J connectivity index is 1.37. The van der Waals surface area contributed by atoms with E-state index in [1.54, 1.807) is 6.92 Å². The molecule has 12 heteroatoms. The van der Waals surface area contributed by atoms with Gasteiger partial charge in [-0.15, -0.1) is 5.53 Å². The molecule has 8 unspecified atom stereocenters. The monoisotopic (exact) mass is 547 g/mol. The largest absolute Gasteiger partial charge is 0.340 e. The summed E-state index contributed by atoms with van der Waals surface area (Å²) in [6.45, 7) is 11.0. The molecule has 0 saturated carbocycles. The van der Waals surface area contributed by atoms with Gasteiger partial charge in [0.2, 0.25) is 5.91 Å². The van der Waals surface area contributed by atoms with Crippen LogP contribution in [0.1, 0.15) is 59.8 Å². The summed E-state index contributed by atoms with van der Waals surface area (Å²) in [6, 6.07) is 0.187. The van der Waals surface area contributed by atoms with Crippen LogP contribution in [0.2, 0.25) is 0 Å². The quantitative estimate of drug-likeness (QED) is 0.347. The number of hydrazine groups is 2. The molecule has 2 bridgehead atoms. The summed E-state index contributed by atoms with van der Waals surface area (Å²) in [5.41, 5.74) is 7.29. The number of carbonyl (C=O) groups excluding carboxylic acids is 2. The van der Waals surface area contributed by atoms with Gasteiger partial charge in [0.05, 0.1) is 24.1 Å². The molecule has 39 heavy (non-hydrogen) atoms. The maximum Gasteiger partial charge on any atom is 0.320 e. The van der Waals surface area contributed by atoms with Crippen molar-refractivity contribution >= 4 is 11.9 Å². The summed E-state index contributed by atoms with van der Waals surface area (Å²) in [5.74, 6) is 0.661. The second kappa shape index (κ2) is 10.7. The molecule has 6 heterocycles. The summed E-state index contributed by atoms with van der Waals surface area (Å²) in [4.78, 5) is 32.5. The first kappa shape index (κ1) is 27.0. The lowest BCUT2D eigenvalue weighted by Gasteiger charge is -2.59. The Hall–Kier alpha value is -2.15. The highest BCUT2D eigenvalue weighted by molar-refractivity contribution is 5.77. The number of urea groups is 1. The fourth-order valence-electron chi connectivity index (χ4n) is 8.18. The second-order valence-corrected chi connectivity index (χ2v) is 12.7. The average molecular weight is 548 g/mol. The number of piperazine rings is 1. The fourth-order valence-corrected chi connectivity index (χ4v) is 8.18. The third kappa shape index (κ3) is 4.76. The molecule has 5 N–H and O–H groups in total. The van der Waals surface area contributed by atoms with Crippen molar-refractivity contribution in [3.05, 3.63) is 11.9 Å². The number of nitrogens with zero attached hydrogens (tertiary/aromatic N) is 4. The minimum absolute atomic E-state index is 0.0245. The van der Waals surface area contributed by atoms with Crippen LogP contribution in [0.15, 0.2) is 11.9 Å². The van der Waals surface area contributed by atoms with Crippen molar-refractivity contribution in [3.8, 4) is 0 Å². The van der Waals surface area contributed by atoms with Gasteiger partial charge in [-0.05, 0) is 57.4 Å². The van der Waals surface area contributed by atoms with Gasteiger partial charge in [0.25, 0.3) is 0 Å². The first-order valence-corrected chi connectivity index (χ1v) is 15.0. The summed E-state index contributed by atoms with van der Waals surface area (Å²) in [6.07, 6.45) is 3.86. The topological polar surface area (TPSA) is 107 Å². The molecule has 9 atom stereocenters. The minimum Gasteiger partial charge on any atom is -0.340 e. The van der Waals surface area contributed by atoms with E-state index in [1.165, 1.54) is 0 Å². The summed E-state index contributed by atoms with van der Waals surface area (Å²) in [5, 5.41) is 12.7. The summed E-state index contributed by atoms with van der Waals surface area (Å²) >= 11 is 0. The molecular weight excluding hydrogens is 501 g/mol. The molecule has 0 aromatic carbocycles. The highest BCUT2D eigenvalue weighted by Gasteiger charge is 2.56. The zero-order valence-corrected chi connectivity index (χ0v) is 23.7. The van der Waals surface area contributed by atoms with E-state index in [4.69, 9.17) is 0 Å². The van der Waals surface area contributed by atoms with E-state index < -0.39 is 12.3 Å². The number of amides is 3. The molecule has 218 valence electrons. The van der Waals surface area contributed by atoms with Gasteiger partial charge in [-0.3, -0.25) is 20.0 Å². The third-order valence-corrected chi connectivity index (χ3v) is 10.1. The standard InChI is InChI=1S/C27H46FN9O2/c1-15(2)22-23-18(8-9-29-22)6-5-7-19-13-30-33-37(19)26-21(28)12-20-24(32-27(39)36(23)25(20)31-26)35-11-10-34(17(4)38)14-16(35)3/h13,15-16,18,20-26,29-31,33H,5-12,14H2,1-4H3,(H,32,39)/t16-,18?,20?,21?,22?,23?,24?,25?,26?/m0/s1. The van der Waals surface area contributed by atoms with Gasteiger partial charge < -0.3 is 25.9 Å². The predicted molar refractivity (Wildman–Crippen MR) is 145 cm³/mol. The molecule has 0 spiro atoms. The highest BCUT2D eigenvalue weighted by atomic mass is 19.1. The van der Waals surface area contributed by atoms with Crippen molar-refractivity contribution in [2.45, 2.75) is 103 Å². The number of halogens is 1. The van der Waals surface area contributed by atoms with Crippen molar-refractivity contribution in [1.82, 2.24) is 46.6 Å². The van der Waals surface area contributed by atoms with Gasteiger partial charge in [-0.1, -0.05) is 13.8 Å². The summed E-state index contributed by atoms with van der Waals surface area (Å²) < 4.78 is 16.2. The zero-order chi connectivity index (χ0) is 27.4. The number of fused-ring (bicyclic) bond motifs is 5. The molecule has 11 nitrogen and oxygen atoms in total. The van der Waals surface area contributed by atoms with Crippen LogP contribution < -0.4 is 26.9 Å². The van der Waals surface area contributed by atoms with Crippen molar-refractivity contribution < 1.29 is 14.0 Å². The van der Waals surface area contributed by atoms with E-state index in [1.807, 2.05) is 16.1 Å². The van der Waals surface area contributed by atoms with Gasteiger partial charge in [0.1, 0.15) is 12.3 Å². The highest BCUT2D eigenvalue weighted by Crippen LogP contribution is 2.41. The lowest BCUT2D eigenvalue weighted by atomic mass is 9.76. The van der Waals surface area contributed by atoms with Crippen LogP contribution in [0.5, 0.6) is 0 Å². The predicted octanol–water partition coefficient (Wildman–Crippen LogP) is 0.843. The number of nitrogens with one attached hydrogen (secondary N) is 5. The number of hydrogen-bond donors (Lipinski definition) is 5. The molecule has 5 saturated heterocycles. The Kier molecular flexibility index (Phi) is 7.41. The third-order valence-electron chi connectivity index (χ3n) is 10.1. The normalized spacial score (nSPS) is 41.2. The Morgan fingerprint density at radius 3 is 2.72 bits per heavy atom. The van der Waals surface area contributed by atoms with E-state index in [9.17, 15) is 9.59 Å². The van der Waals surface area contributed by atoms with Crippen molar-refractivity contribution in [3.63, 3.8) is 0 Å². The second-order valence-electron chi connectivity index (χ2n) is 12.7. The van der Waals surface area contributed by atoms with Gasteiger partial charge in [0.15, 0.2) is 0 Å². The van der Waals surface area contributed by atoms with Crippen molar-refractivity contribution in [2.75, 3.05) is 26.2 Å². The Morgan fingerprint density at radius 1 is 1.15 bits per heavy atom. The van der Waals surface area contributed by atoms with E-state index in [-0.39, 0.29) is 48.3 Å². The first-order valence-electron chi connectivity index (χ1n) is 15.0. The van der Waals surface area contributed by atoms with Gasteiger partial charge in [0, 0.05) is 50.8 Å². The van der Waals surface area contributed by atoms with Crippen LogP contribution in [-0.2, 0) is 4.79 Å². The average Bonchev–Trinajstić information content (AvgIpc) is 3.35. The lowest BCUT2D eigenvalue weighted by molar-refractivity contribution is -0.135. The number of piperidine rings is 2. The first-order chi connectivity index (χ1) is 18.7. The van der Waals surface area contributed by atoms with Crippen LogP contribution in [0.25, 0.3) is 0 Å². The maximum absolute atomic E-state index is 16.2. The van der Waals surface area contributed by atoms with Crippen LogP contribution >= 0.6 is 0 Å². The minimum atomic E-state index is -1.13. The van der Waals surface area contributed by atoms with Crippen LogP contribution in [-0.4, -0.2) is 101 Å². The molecule has 5 fully saturated rings. The van der Waals surface area contributed by atoms with E-state index in [2.05, 4.69) is 57.5 Å². The molecule has 6 aliphatic heterocycles. The van der Waals surface area contributed by atoms with Crippen LogP contribution in [0, 0.1) is 17.8 Å². The summed E-state index contributed by atoms with van der Waals surface area (Å²) in [7, 11) is 0. The molecular formula is C27H46FN9O2. The number of carbonyl (C=O) groups is 2. The van der Waals surface area contributed by atoms with Crippen LogP contribution in [0.4, 0.5) is 9.18 Å². The Bertz CT molecular complexity index is 981. The van der Waals surface area contributed by atoms with Crippen molar-refractivity contribution in [2.24, 2.45) is 17.8 Å². The molecule has 0 aliphatic carbocycles. The smallest absolute Gasteiger partial charge is 0.320 e. The molecule has 6 rings (SSSR count). The molecule has 0 radical (unpaired) electrons. The van der Waals surface area contributed by atoms with Gasteiger partial charge in [-0.2, -0.15) is 0 Å². The zero-order valence-electron chi connectivity index (χ0n) is 23.7.